The van der Waals surface area contributed by atoms with Gasteiger partial charge in [0.15, 0.2) is 11.4 Å². The number of hydrogen-bond donors (Lipinski definition) is 1. The molecule has 0 radical (unpaired) electrons. The van der Waals surface area contributed by atoms with Gasteiger partial charge in [-0.25, -0.2) is 9.78 Å². The minimum Gasteiger partial charge on any atom is -0.493 e. The number of amides is 1. The van der Waals surface area contributed by atoms with Crippen LogP contribution in [0.4, 0.5) is 0 Å². The maximum Gasteiger partial charge on any atom is 0.329 e. The minimum absolute atomic E-state index is 0.0787. The van der Waals surface area contributed by atoms with Crippen LogP contribution in [0.15, 0.2) is 12.3 Å². The number of aromatic nitrogens is 1. The summed E-state index contributed by atoms with van der Waals surface area (Å²) in [6, 6.07) is 0.652. The van der Waals surface area contributed by atoms with E-state index >= 15 is 0 Å². The number of carbonyl (C=O) groups is 3. The molecule has 204 valence electrons. The maximum absolute atomic E-state index is 13.2. The van der Waals surface area contributed by atoms with Gasteiger partial charge < -0.3 is 24.3 Å². The molecule has 4 atom stereocenters. The van der Waals surface area contributed by atoms with Crippen LogP contribution in [0.25, 0.3) is 0 Å². The molecule has 4 unspecified atom stereocenters. The van der Waals surface area contributed by atoms with Gasteiger partial charge in [-0.3, -0.25) is 9.59 Å². The summed E-state index contributed by atoms with van der Waals surface area (Å²) in [5.41, 5.74) is -0.125. The first-order valence-corrected chi connectivity index (χ1v) is 13.7. The molecule has 1 aromatic heterocycles. The van der Waals surface area contributed by atoms with Crippen molar-refractivity contribution in [3.05, 3.63) is 18.0 Å². The predicted octanol–water partition coefficient (Wildman–Crippen LogP) is 4.22. The van der Waals surface area contributed by atoms with Crippen molar-refractivity contribution in [2.24, 2.45) is 17.8 Å². The van der Waals surface area contributed by atoms with Crippen molar-refractivity contribution < 1.29 is 33.3 Å². The van der Waals surface area contributed by atoms with Gasteiger partial charge in [0.05, 0.1) is 13.2 Å². The Bertz CT molecular complexity index is 958. The highest BCUT2D eigenvalue weighted by molar-refractivity contribution is 5.98. The first-order valence-electron chi connectivity index (χ1n) is 13.7. The van der Waals surface area contributed by atoms with E-state index in [1.165, 1.54) is 64.8 Å². The van der Waals surface area contributed by atoms with Crippen LogP contribution in [0.3, 0.4) is 0 Å². The third-order valence-electron chi connectivity index (χ3n) is 7.77. The molecule has 4 rings (SSSR count). The highest BCUT2D eigenvalue weighted by Crippen LogP contribution is 2.37. The highest BCUT2D eigenvalue weighted by atomic mass is 16.6. The molecule has 9 heteroatoms. The molecule has 1 aliphatic heterocycles. The quantitative estimate of drug-likeness (QED) is 0.486. The zero-order valence-corrected chi connectivity index (χ0v) is 22.2. The number of methoxy groups -OCH3 is 1. The minimum atomic E-state index is -0.845. The molecule has 2 aliphatic carbocycles. The van der Waals surface area contributed by atoms with Crippen LogP contribution in [0, 0.1) is 17.8 Å². The summed E-state index contributed by atoms with van der Waals surface area (Å²) in [4.78, 5) is 42.1. The van der Waals surface area contributed by atoms with Crippen LogP contribution >= 0.6 is 0 Å². The van der Waals surface area contributed by atoms with Gasteiger partial charge in [-0.05, 0) is 56.8 Å². The molecule has 0 spiro atoms. The third kappa shape index (κ3) is 7.43. The molecule has 0 bridgehead atoms. The van der Waals surface area contributed by atoms with E-state index in [0.717, 1.165) is 19.3 Å². The fourth-order valence-corrected chi connectivity index (χ4v) is 5.66. The molecular weight excluding hydrogens is 476 g/mol. The Morgan fingerprint density at radius 1 is 1.08 bits per heavy atom. The Labute approximate surface area is 219 Å². The normalized spacial score (nSPS) is 26.9. The number of nitrogens with zero attached hydrogens (tertiary/aromatic N) is 1. The number of cyclic esters (lactones) is 1. The molecule has 1 amide bonds. The molecule has 1 N–H and O–H groups in total. The van der Waals surface area contributed by atoms with Gasteiger partial charge in [-0.1, -0.05) is 32.1 Å². The van der Waals surface area contributed by atoms with E-state index in [0.29, 0.717) is 30.8 Å². The molecule has 2 saturated carbocycles. The van der Waals surface area contributed by atoms with Gasteiger partial charge in [0.1, 0.15) is 12.1 Å². The van der Waals surface area contributed by atoms with Gasteiger partial charge in [0.2, 0.25) is 5.75 Å². The Hall–Kier alpha value is -2.68. The molecule has 3 fully saturated rings. The second-order valence-electron chi connectivity index (χ2n) is 10.8. The molecule has 1 aromatic rings. The van der Waals surface area contributed by atoms with Crippen LogP contribution in [0.5, 0.6) is 11.5 Å². The van der Waals surface area contributed by atoms with Crippen molar-refractivity contribution in [1.82, 2.24) is 10.3 Å². The van der Waals surface area contributed by atoms with Crippen LogP contribution in [0.1, 0.15) is 88.5 Å². The van der Waals surface area contributed by atoms with Crippen LogP contribution in [0.2, 0.25) is 0 Å². The number of ether oxygens (including phenoxy) is 4. The second-order valence-corrected chi connectivity index (χ2v) is 10.8. The summed E-state index contributed by atoms with van der Waals surface area (Å²) in [5.74, 6) is 0.0338. The largest absolute Gasteiger partial charge is 0.493 e. The van der Waals surface area contributed by atoms with E-state index < -0.39 is 30.0 Å². The molecule has 2 heterocycles. The summed E-state index contributed by atoms with van der Waals surface area (Å²) in [6.07, 6.45) is 11.5. The standard InChI is InChI=1S/C28H40N2O7/c1-17-25(35-16-20-11-12-20)21(15-19-7-4-5-8-19)9-6-10-22(28(33)36-17)30-27(32)24-26(37-18(2)31)23(34-3)13-14-29-24/h13-14,17,19-22,25H,4-12,15-16H2,1-3H3,(H,30,32). The van der Waals surface area contributed by atoms with E-state index in [-0.39, 0.29) is 23.3 Å². The average Bonchev–Trinajstić information content (AvgIpc) is 3.54. The molecule has 37 heavy (non-hydrogen) atoms. The van der Waals surface area contributed by atoms with Crippen molar-refractivity contribution >= 4 is 17.8 Å². The third-order valence-corrected chi connectivity index (χ3v) is 7.77. The zero-order chi connectivity index (χ0) is 26.4. The van der Waals surface area contributed by atoms with Crippen molar-refractivity contribution in [2.45, 2.75) is 96.3 Å². The second kappa shape index (κ2) is 12.7. The SMILES string of the molecule is COc1ccnc(C(=O)NC2CCCC(CC3CCCC3)C(OCC3CC3)C(C)OC2=O)c1OC(C)=O. The van der Waals surface area contributed by atoms with E-state index in [1.807, 2.05) is 6.92 Å². The summed E-state index contributed by atoms with van der Waals surface area (Å²) in [6.45, 7) is 3.85. The molecule has 1 saturated heterocycles. The van der Waals surface area contributed by atoms with E-state index in [1.54, 1.807) is 0 Å². The summed E-state index contributed by atoms with van der Waals surface area (Å²) in [7, 11) is 1.41. The highest BCUT2D eigenvalue weighted by Gasteiger charge is 2.38. The smallest absolute Gasteiger partial charge is 0.329 e. The van der Waals surface area contributed by atoms with Crippen LogP contribution in [-0.2, 0) is 19.1 Å². The van der Waals surface area contributed by atoms with E-state index in [9.17, 15) is 14.4 Å². The topological polar surface area (TPSA) is 113 Å². The van der Waals surface area contributed by atoms with Gasteiger partial charge in [-0.2, -0.15) is 0 Å². The average molecular weight is 517 g/mol. The number of esters is 2. The summed E-state index contributed by atoms with van der Waals surface area (Å²) in [5, 5.41) is 2.77. The van der Waals surface area contributed by atoms with Crippen molar-refractivity contribution in [3.8, 4) is 11.5 Å². The van der Waals surface area contributed by atoms with Crippen molar-refractivity contribution in [1.29, 1.82) is 0 Å². The zero-order valence-electron chi connectivity index (χ0n) is 22.2. The van der Waals surface area contributed by atoms with Gasteiger partial charge in [-0.15, -0.1) is 0 Å². The van der Waals surface area contributed by atoms with Crippen LogP contribution < -0.4 is 14.8 Å². The Kier molecular flexibility index (Phi) is 9.40. The predicted molar refractivity (Wildman–Crippen MR) is 135 cm³/mol. The van der Waals surface area contributed by atoms with Crippen LogP contribution in [-0.4, -0.2) is 54.8 Å². The van der Waals surface area contributed by atoms with E-state index in [4.69, 9.17) is 18.9 Å². The number of carbonyl (C=O) groups excluding carboxylic acids is 3. The fourth-order valence-electron chi connectivity index (χ4n) is 5.66. The fraction of sp³-hybridized carbons (Fsp3) is 0.714. The van der Waals surface area contributed by atoms with Crippen molar-refractivity contribution in [3.63, 3.8) is 0 Å². The lowest BCUT2D eigenvalue weighted by Crippen LogP contribution is -2.44. The Balaban J connectivity index is 1.48. The number of nitrogens with one attached hydrogen (secondary N) is 1. The first-order chi connectivity index (χ1) is 17.9. The molecule has 9 nitrogen and oxygen atoms in total. The molecular formula is C28H40N2O7. The van der Waals surface area contributed by atoms with Gasteiger partial charge >= 0.3 is 11.9 Å². The van der Waals surface area contributed by atoms with E-state index in [2.05, 4.69) is 10.3 Å². The van der Waals surface area contributed by atoms with Crippen molar-refractivity contribution in [2.75, 3.05) is 13.7 Å². The number of hydrogen-bond acceptors (Lipinski definition) is 8. The monoisotopic (exact) mass is 516 g/mol. The number of pyridine rings is 1. The lowest BCUT2D eigenvalue weighted by molar-refractivity contribution is -0.161. The molecule has 0 aromatic carbocycles. The molecule has 3 aliphatic rings. The number of rotatable bonds is 9. The Morgan fingerprint density at radius 3 is 2.51 bits per heavy atom. The lowest BCUT2D eigenvalue weighted by Gasteiger charge is -2.32. The Morgan fingerprint density at radius 2 is 1.84 bits per heavy atom. The van der Waals surface area contributed by atoms with Gasteiger partial charge in [0, 0.05) is 25.8 Å². The summed E-state index contributed by atoms with van der Waals surface area (Å²) < 4.78 is 22.8. The summed E-state index contributed by atoms with van der Waals surface area (Å²) >= 11 is 0. The van der Waals surface area contributed by atoms with Gasteiger partial charge in [0.25, 0.3) is 5.91 Å². The first kappa shape index (κ1) is 27.4. The lowest BCUT2D eigenvalue weighted by atomic mass is 9.83. The maximum atomic E-state index is 13.2.